The third-order valence-corrected chi connectivity index (χ3v) is 2.01. The molecule has 70 valence electrons. The van der Waals surface area contributed by atoms with E-state index < -0.39 is 43.5 Å². The van der Waals surface area contributed by atoms with Gasteiger partial charge in [0.1, 0.15) is 2.82 Å². The molecule has 0 amide bonds. The Bertz CT molecular complexity index is 399. The van der Waals surface area contributed by atoms with Crippen LogP contribution in [0.25, 0.3) is 0 Å². The first kappa shape index (κ1) is 3.29. The third kappa shape index (κ3) is 2.21. The average molecular weight is 179 g/mol. The summed E-state index contributed by atoms with van der Waals surface area (Å²) in [7, 11) is 0. The molecule has 3 N–H and O–H groups in total. The zero-order valence-electron chi connectivity index (χ0n) is 14.6. The van der Waals surface area contributed by atoms with Crippen molar-refractivity contribution in [3.05, 3.63) is 0 Å². The summed E-state index contributed by atoms with van der Waals surface area (Å²) in [6, 6.07) is 0. The molecule has 3 heteroatoms. The van der Waals surface area contributed by atoms with Gasteiger partial charge in [-0.1, -0.05) is 19.2 Å². The van der Waals surface area contributed by atoms with Crippen LogP contribution in [0.5, 0.6) is 0 Å². The minimum atomic E-state index is -2.70. The lowest BCUT2D eigenvalue weighted by atomic mass is 9.72. The lowest BCUT2D eigenvalue weighted by molar-refractivity contribution is -0.140. The van der Waals surface area contributed by atoms with E-state index in [4.69, 9.17) is 16.2 Å². The largest absolute Gasteiger partial charge is 0.481 e. The highest BCUT2D eigenvalue weighted by molar-refractivity contribution is 5.67. The van der Waals surface area contributed by atoms with Gasteiger partial charge in [-0.25, -0.2) is 0 Å². The number of hydrogen-bond donors (Lipinski definition) is 2. The monoisotopic (exact) mass is 179 g/mol. The zero-order chi connectivity index (χ0) is 16.0. The second kappa shape index (κ2) is 3.90. The highest BCUT2D eigenvalue weighted by atomic mass is 16.4. The van der Waals surface area contributed by atoms with E-state index in [2.05, 4.69) is 0 Å². The van der Waals surface area contributed by atoms with Crippen molar-refractivity contribution in [3.63, 3.8) is 0 Å². The molecule has 0 radical (unpaired) electrons. The fraction of sp³-hybridized carbons (Fsp3) is 0.889. The Morgan fingerprint density at radius 3 is 3.17 bits per heavy atom. The minimum absolute atomic E-state index is 0.243. The highest BCUT2D eigenvalue weighted by Gasteiger charge is 2.32. The standard InChI is InChI=1S/C9H17NO2/c10-7-9(6-8(11)12)4-2-1-3-5-9/h1-7,10H2,(H,11,12)/i1D2,2D2,7D2/hD2. The van der Waals surface area contributed by atoms with Gasteiger partial charge in [-0.05, 0) is 24.8 Å². The van der Waals surface area contributed by atoms with Crippen LogP contribution in [-0.2, 0) is 4.79 Å². The summed E-state index contributed by atoms with van der Waals surface area (Å²) < 4.78 is 60.5. The number of carboxylic acids is 1. The predicted molar refractivity (Wildman–Crippen MR) is 46.8 cm³/mol. The number of nitrogens with two attached hydrogens (primary N) is 1. The van der Waals surface area contributed by atoms with Crippen LogP contribution in [0.3, 0.4) is 0 Å². The molecule has 0 aromatic heterocycles. The lowest BCUT2D eigenvalue weighted by Crippen LogP contribution is -2.34. The molecule has 1 fully saturated rings. The van der Waals surface area contributed by atoms with E-state index in [1.165, 1.54) is 0 Å². The second-order valence-electron chi connectivity index (χ2n) is 2.99. The number of aliphatic carboxylic acids is 1. The van der Waals surface area contributed by atoms with E-state index in [0.29, 0.717) is 0 Å². The van der Waals surface area contributed by atoms with Gasteiger partial charge in [0.2, 0.25) is 0 Å². The van der Waals surface area contributed by atoms with Gasteiger partial charge in [0.25, 0.3) is 0 Å². The lowest BCUT2D eigenvalue weighted by Gasteiger charge is -2.34. The summed E-state index contributed by atoms with van der Waals surface area (Å²) in [5.41, 5.74) is -2.08. The first-order valence-corrected chi connectivity index (χ1v) is 3.77. The fourth-order valence-electron chi connectivity index (χ4n) is 1.29. The first-order valence-electron chi connectivity index (χ1n) is 7.67. The van der Waals surface area contributed by atoms with Gasteiger partial charge in [-0.3, -0.25) is 4.79 Å². The molecule has 0 aliphatic heterocycles. The van der Waals surface area contributed by atoms with Crippen molar-refractivity contribution < 1.29 is 20.9 Å². The Morgan fingerprint density at radius 1 is 1.75 bits per heavy atom. The molecular formula is C9H17NO2. The van der Waals surface area contributed by atoms with Crippen LogP contribution >= 0.6 is 0 Å². The molecule has 0 spiro atoms. The van der Waals surface area contributed by atoms with E-state index in [0.717, 1.165) is 0 Å². The van der Waals surface area contributed by atoms with Crippen LogP contribution in [0.15, 0.2) is 0 Å². The highest BCUT2D eigenvalue weighted by Crippen LogP contribution is 2.38. The SMILES string of the molecule is [2H]N([2H])C([2H])([2H])C1(CC(=O)O)CCC([2H])([2H])C([2H])([2H])C1. The molecule has 0 aromatic carbocycles. The zero-order valence-corrected chi connectivity index (χ0v) is 6.63. The Hall–Kier alpha value is -0.570. The Kier molecular flexibility index (Phi) is 1.07. The molecular weight excluding hydrogens is 154 g/mol. The van der Waals surface area contributed by atoms with E-state index in [-0.39, 0.29) is 18.6 Å². The molecule has 0 heterocycles. The van der Waals surface area contributed by atoms with Gasteiger partial charge in [-0.2, -0.15) is 0 Å². The average Bonchev–Trinajstić information content (AvgIpc) is 2.22. The smallest absolute Gasteiger partial charge is 0.303 e. The number of hydrogen-bond acceptors (Lipinski definition) is 2. The van der Waals surface area contributed by atoms with E-state index in [9.17, 15) is 4.79 Å². The third-order valence-electron chi connectivity index (χ3n) is 2.01. The summed E-state index contributed by atoms with van der Waals surface area (Å²) in [5.74, 6) is -1.37. The van der Waals surface area contributed by atoms with Crippen molar-refractivity contribution in [1.82, 2.24) is 0 Å². The fourth-order valence-corrected chi connectivity index (χ4v) is 1.29. The molecule has 1 aliphatic rings. The predicted octanol–water partition coefficient (Wildman–Crippen LogP) is 1.37. The summed E-state index contributed by atoms with van der Waals surface area (Å²) in [4.78, 5) is 11.0. The molecule has 3 nitrogen and oxygen atoms in total. The summed E-state index contributed by atoms with van der Waals surface area (Å²) in [6.07, 6.45) is -6.68. The maximum atomic E-state index is 11.0. The maximum absolute atomic E-state index is 11.0. The number of rotatable bonds is 4. The van der Waals surface area contributed by atoms with E-state index in [1.54, 1.807) is 0 Å². The normalized spacial score (nSPS) is 49.8. The molecule has 1 aliphatic carbocycles. The van der Waals surface area contributed by atoms with Crippen molar-refractivity contribution in [2.45, 2.75) is 38.4 Å². The molecule has 1 saturated carbocycles. The Morgan fingerprint density at radius 2 is 2.58 bits per heavy atom. The minimum Gasteiger partial charge on any atom is -0.481 e. The van der Waals surface area contributed by atoms with Gasteiger partial charge in [-0.15, -0.1) is 0 Å². The molecule has 1 atom stereocenters. The molecule has 1 rings (SSSR count). The van der Waals surface area contributed by atoms with Gasteiger partial charge < -0.3 is 10.8 Å². The van der Waals surface area contributed by atoms with E-state index in [1.807, 2.05) is 0 Å². The second-order valence-corrected chi connectivity index (χ2v) is 2.99. The molecule has 0 aromatic rings. The molecule has 12 heavy (non-hydrogen) atoms. The quantitative estimate of drug-likeness (QED) is 0.685. The van der Waals surface area contributed by atoms with Crippen LogP contribution in [0, 0.1) is 5.41 Å². The molecule has 0 bridgehead atoms. The van der Waals surface area contributed by atoms with Crippen molar-refractivity contribution in [2.24, 2.45) is 11.1 Å². The van der Waals surface area contributed by atoms with Crippen LogP contribution in [-0.4, -0.2) is 17.6 Å². The first-order chi connectivity index (χ1) is 8.77. The topological polar surface area (TPSA) is 63.3 Å². The summed E-state index contributed by atoms with van der Waals surface area (Å²) in [6.45, 7) is -2.70. The van der Waals surface area contributed by atoms with Crippen LogP contribution in [0.1, 0.15) is 46.7 Å². The molecule has 0 saturated heterocycles. The number of carboxylic acid groups (broad SMARTS) is 1. The summed E-state index contributed by atoms with van der Waals surface area (Å²) in [5, 5.41) is 8.95. The number of carbonyl (C=O) groups is 1. The summed E-state index contributed by atoms with van der Waals surface area (Å²) >= 11 is 0. The Labute approximate surface area is 84.3 Å². The van der Waals surface area contributed by atoms with Crippen molar-refractivity contribution in [2.75, 3.05) is 6.50 Å². The maximum Gasteiger partial charge on any atom is 0.303 e. The van der Waals surface area contributed by atoms with Crippen LogP contribution in [0.4, 0.5) is 0 Å². The van der Waals surface area contributed by atoms with E-state index >= 15 is 0 Å². The van der Waals surface area contributed by atoms with Gasteiger partial charge >= 0.3 is 5.97 Å². The van der Waals surface area contributed by atoms with Crippen LogP contribution < -0.4 is 5.72 Å². The van der Waals surface area contributed by atoms with Gasteiger partial charge in [0.15, 0.2) is 0 Å². The molecule has 1 unspecified atom stereocenters. The van der Waals surface area contributed by atoms with Crippen molar-refractivity contribution >= 4 is 5.97 Å². The Balaban J connectivity index is 3.26. The van der Waals surface area contributed by atoms with Crippen LogP contribution in [0.2, 0.25) is 2.82 Å². The van der Waals surface area contributed by atoms with Gasteiger partial charge in [0.05, 0.1) is 6.42 Å². The van der Waals surface area contributed by atoms with Crippen molar-refractivity contribution in [3.8, 4) is 0 Å². The van der Waals surface area contributed by atoms with Gasteiger partial charge in [0, 0.05) is 8.22 Å². The van der Waals surface area contributed by atoms with Crippen molar-refractivity contribution in [1.29, 1.82) is 0 Å².